The van der Waals surface area contributed by atoms with Crippen LogP contribution in [0, 0.1) is 0 Å². The summed E-state index contributed by atoms with van der Waals surface area (Å²) in [5.74, 6) is -0.943. The number of hydrogen-bond acceptors (Lipinski definition) is 3. The van der Waals surface area contributed by atoms with E-state index in [0.29, 0.717) is 5.52 Å². The Morgan fingerprint density at radius 2 is 2.22 bits per heavy atom. The number of carbonyl (C=O) groups is 1. The average molecular weight is 258 g/mol. The summed E-state index contributed by atoms with van der Waals surface area (Å²) >= 11 is 1.68. The van der Waals surface area contributed by atoms with Crippen molar-refractivity contribution in [3.63, 3.8) is 0 Å². The molecule has 2 aromatic heterocycles. The van der Waals surface area contributed by atoms with Crippen molar-refractivity contribution in [2.75, 3.05) is 0 Å². The Morgan fingerprint density at radius 3 is 2.94 bits per heavy atom. The van der Waals surface area contributed by atoms with Crippen LogP contribution in [0.1, 0.15) is 15.2 Å². The normalized spacial score (nSPS) is 10.9. The lowest BCUT2D eigenvalue weighted by Crippen LogP contribution is -1.99. The van der Waals surface area contributed by atoms with Gasteiger partial charge in [-0.3, -0.25) is 0 Å². The van der Waals surface area contributed by atoms with Crippen LogP contribution in [-0.2, 0) is 6.54 Å². The zero-order valence-electron chi connectivity index (χ0n) is 9.41. The van der Waals surface area contributed by atoms with Crippen LogP contribution in [0.4, 0.5) is 0 Å². The molecule has 18 heavy (non-hydrogen) atoms. The highest BCUT2D eigenvalue weighted by Crippen LogP contribution is 2.20. The molecule has 0 saturated heterocycles. The summed E-state index contributed by atoms with van der Waals surface area (Å²) in [6.07, 6.45) is 1.69. The number of aromatic nitrogens is 2. The van der Waals surface area contributed by atoms with E-state index in [1.54, 1.807) is 29.8 Å². The van der Waals surface area contributed by atoms with Crippen LogP contribution < -0.4 is 0 Å². The molecule has 0 amide bonds. The average Bonchev–Trinajstić information content (AvgIpc) is 2.99. The van der Waals surface area contributed by atoms with Crippen LogP contribution in [0.15, 0.2) is 42.0 Å². The molecule has 90 valence electrons. The van der Waals surface area contributed by atoms with Crippen molar-refractivity contribution in [2.24, 2.45) is 0 Å². The minimum absolute atomic E-state index is 0.248. The van der Waals surface area contributed by atoms with E-state index in [2.05, 4.69) is 11.1 Å². The molecule has 3 aromatic rings. The third kappa shape index (κ3) is 1.78. The van der Waals surface area contributed by atoms with Gasteiger partial charge in [0, 0.05) is 4.88 Å². The molecule has 0 bridgehead atoms. The Hall–Kier alpha value is -2.14. The van der Waals surface area contributed by atoms with E-state index in [9.17, 15) is 4.79 Å². The van der Waals surface area contributed by atoms with Crippen molar-refractivity contribution >= 4 is 28.3 Å². The lowest BCUT2D eigenvalue weighted by Gasteiger charge is -2.02. The molecule has 0 fully saturated rings. The molecule has 0 aliphatic heterocycles. The lowest BCUT2D eigenvalue weighted by atomic mass is 10.2. The monoisotopic (exact) mass is 258 g/mol. The number of carboxylic acid groups (broad SMARTS) is 1. The molecule has 0 aliphatic rings. The van der Waals surface area contributed by atoms with E-state index in [0.717, 1.165) is 12.1 Å². The number of rotatable bonds is 3. The first kappa shape index (κ1) is 11.0. The van der Waals surface area contributed by atoms with E-state index >= 15 is 0 Å². The molecule has 0 spiro atoms. The van der Waals surface area contributed by atoms with Crippen LogP contribution in [-0.4, -0.2) is 20.6 Å². The van der Waals surface area contributed by atoms with Crippen molar-refractivity contribution < 1.29 is 9.90 Å². The van der Waals surface area contributed by atoms with E-state index in [1.165, 1.54) is 4.88 Å². The summed E-state index contributed by atoms with van der Waals surface area (Å²) in [4.78, 5) is 16.5. The number of aromatic carboxylic acids is 1. The number of thiophene rings is 1. The highest BCUT2D eigenvalue weighted by atomic mass is 32.1. The van der Waals surface area contributed by atoms with Gasteiger partial charge in [-0.1, -0.05) is 12.1 Å². The number of nitrogens with zero attached hydrogens (tertiary/aromatic N) is 2. The second kappa shape index (κ2) is 4.27. The number of carboxylic acids is 1. The van der Waals surface area contributed by atoms with Gasteiger partial charge in [0.2, 0.25) is 0 Å². The first-order valence-electron chi connectivity index (χ1n) is 5.45. The zero-order chi connectivity index (χ0) is 12.5. The smallest absolute Gasteiger partial charge is 0.337 e. The molecule has 0 unspecified atom stereocenters. The molecule has 0 aliphatic carbocycles. The van der Waals surface area contributed by atoms with Gasteiger partial charge in [-0.2, -0.15) is 0 Å². The quantitative estimate of drug-likeness (QED) is 0.786. The molecule has 5 heteroatoms. The fourth-order valence-corrected chi connectivity index (χ4v) is 2.66. The maximum Gasteiger partial charge on any atom is 0.337 e. The minimum Gasteiger partial charge on any atom is -0.478 e. The fraction of sp³-hybridized carbons (Fsp3) is 0.0769. The standard InChI is InChI=1S/C13H10N2O2S/c16-13(17)10-4-1-5-11-12(10)14-8-15(11)7-9-3-2-6-18-9/h1-6,8H,7H2,(H,16,17). The Bertz CT molecular complexity index is 701. The van der Waals surface area contributed by atoms with Gasteiger partial charge in [-0.05, 0) is 23.6 Å². The first-order chi connectivity index (χ1) is 8.75. The van der Waals surface area contributed by atoms with E-state index in [4.69, 9.17) is 5.11 Å². The predicted molar refractivity (Wildman–Crippen MR) is 70.1 cm³/mol. The number of fused-ring (bicyclic) bond motifs is 1. The highest BCUT2D eigenvalue weighted by molar-refractivity contribution is 7.09. The van der Waals surface area contributed by atoms with Crippen LogP contribution >= 0.6 is 11.3 Å². The molecule has 4 nitrogen and oxygen atoms in total. The molecule has 0 saturated carbocycles. The summed E-state index contributed by atoms with van der Waals surface area (Å²) in [6.45, 7) is 0.719. The molecule has 2 heterocycles. The number of imidazole rings is 1. The van der Waals surface area contributed by atoms with Crippen LogP contribution in [0.2, 0.25) is 0 Å². The second-order valence-electron chi connectivity index (χ2n) is 3.93. The van der Waals surface area contributed by atoms with Crippen LogP contribution in [0.5, 0.6) is 0 Å². The van der Waals surface area contributed by atoms with Gasteiger partial charge in [0.25, 0.3) is 0 Å². The Balaban J connectivity index is 2.09. The van der Waals surface area contributed by atoms with E-state index in [-0.39, 0.29) is 5.56 Å². The van der Waals surface area contributed by atoms with E-state index < -0.39 is 5.97 Å². The van der Waals surface area contributed by atoms with Crippen molar-refractivity contribution in [3.05, 3.63) is 52.5 Å². The molecule has 0 radical (unpaired) electrons. The Kier molecular flexibility index (Phi) is 2.60. The summed E-state index contributed by atoms with van der Waals surface area (Å²) in [5, 5.41) is 11.1. The van der Waals surface area contributed by atoms with Gasteiger partial charge in [0.1, 0.15) is 5.52 Å². The zero-order valence-corrected chi connectivity index (χ0v) is 10.2. The minimum atomic E-state index is -0.943. The van der Waals surface area contributed by atoms with Crippen molar-refractivity contribution in [1.82, 2.24) is 9.55 Å². The number of benzene rings is 1. The Labute approximate surface area is 107 Å². The van der Waals surface area contributed by atoms with Crippen LogP contribution in [0.25, 0.3) is 11.0 Å². The summed E-state index contributed by atoms with van der Waals surface area (Å²) in [7, 11) is 0. The number of para-hydroxylation sites is 1. The van der Waals surface area contributed by atoms with Gasteiger partial charge in [-0.25, -0.2) is 9.78 Å². The van der Waals surface area contributed by atoms with E-state index in [1.807, 2.05) is 22.1 Å². The van der Waals surface area contributed by atoms with Crippen molar-refractivity contribution in [2.45, 2.75) is 6.54 Å². The molecule has 1 aromatic carbocycles. The maximum absolute atomic E-state index is 11.1. The summed E-state index contributed by atoms with van der Waals surface area (Å²) in [5.41, 5.74) is 1.64. The summed E-state index contributed by atoms with van der Waals surface area (Å²) < 4.78 is 1.97. The summed E-state index contributed by atoms with van der Waals surface area (Å²) in [6, 6.07) is 9.27. The topological polar surface area (TPSA) is 55.1 Å². The Morgan fingerprint density at radius 1 is 1.33 bits per heavy atom. The van der Waals surface area contributed by atoms with Crippen molar-refractivity contribution in [1.29, 1.82) is 0 Å². The fourth-order valence-electron chi connectivity index (χ4n) is 1.96. The molecule has 1 N–H and O–H groups in total. The third-order valence-corrected chi connectivity index (χ3v) is 3.65. The predicted octanol–water partition coefficient (Wildman–Crippen LogP) is 2.84. The van der Waals surface area contributed by atoms with Gasteiger partial charge < -0.3 is 9.67 Å². The van der Waals surface area contributed by atoms with Gasteiger partial charge in [-0.15, -0.1) is 11.3 Å². The molecule has 0 atom stereocenters. The van der Waals surface area contributed by atoms with Crippen molar-refractivity contribution in [3.8, 4) is 0 Å². The lowest BCUT2D eigenvalue weighted by molar-refractivity contribution is 0.0699. The van der Waals surface area contributed by atoms with Gasteiger partial charge >= 0.3 is 5.97 Å². The third-order valence-electron chi connectivity index (χ3n) is 2.79. The maximum atomic E-state index is 11.1. The molecular weight excluding hydrogens is 248 g/mol. The van der Waals surface area contributed by atoms with Gasteiger partial charge in [0.15, 0.2) is 0 Å². The first-order valence-corrected chi connectivity index (χ1v) is 6.33. The SMILES string of the molecule is O=C(O)c1cccc2c1ncn2Cc1cccs1. The molecular formula is C13H10N2O2S. The van der Waals surface area contributed by atoms with Crippen LogP contribution in [0.3, 0.4) is 0 Å². The number of hydrogen-bond donors (Lipinski definition) is 1. The second-order valence-corrected chi connectivity index (χ2v) is 4.96. The largest absolute Gasteiger partial charge is 0.478 e. The molecule has 3 rings (SSSR count). The highest BCUT2D eigenvalue weighted by Gasteiger charge is 2.12. The van der Waals surface area contributed by atoms with Gasteiger partial charge in [0.05, 0.1) is 24.0 Å².